The summed E-state index contributed by atoms with van der Waals surface area (Å²) in [5.41, 5.74) is 0.609. The van der Waals surface area contributed by atoms with E-state index in [0.717, 1.165) is 4.88 Å². The van der Waals surface area contributed by atoms with Gasteiger partial charge in [0.05, 0.1) is 22.4 Å². The van der Waals surface area contributed by atoms with Crippen LogP contribution in [-0.4, -0.2) is 40.8 Å². The molecule has 6 nitrogen and oxygen atoms in total. The Hall–Kier alpha value is -1.67. The van der Waals surface area contributed by atoms with E-state index >= 15 is 0 Å². The van der Waals surface area contributed by atoms with Crippen LogP contribution in [0.15, 0.2) is 23.6 Å². The van der Waals surface area contributed by atoms with Crippen molar-refractivity contribution in [1.82, 2.24) is 9.78 Å². The molecule has 0 aliphatic carbocycles. The summed E-state index contributed by atoms with van der Waals surface area (Å²) in [4.78, 5) is 12.2. The zero-order chi connectivity index (χ0) is 14.3. The molecule has 3 heterocycles. The Morgan fingerprint density at radius 1 is 1.50 bits per heavy atom. The SMILES string of the molecule is O=C(O)c1cc(-c2cccs2)nn1C1CCS(=O)(=O)C1. The predicted molar refractivity (Wildman–Crippen MR) is 74.8 cm³/mol. The Labute approximate surface area is 119 Å². The Kier molecular flexibility index (Phi) is 3.14. The number of sulfone groups is 1. The first-order valence-corrected chi connectivity index (χ1v) is 8.73. The van der Waals surface area contributed by atoms with Crippen LogP contribution in [0.25, 0.3) is 10.6 Å². The van der Waals surface area contributed by atoms with Crippen LogP contribution in [0, 0.1) is 0 Å². The van der Waals surface area contributed by atoms with Crippen LogP contribution in [0.3, 0.4) is 0 Å². The highest BCUT2D eigenvalue weighted by atomic mass is 32.2. The van der Waals surface area contributed by atoms with Crippen molar-refractivity contribution >= 4 is 27.1 Å². The zero-order valence-electron chi connectivity index (χ0n) is 10.4. The third kappa shape index (κ3) is 2.36. The van der Waals surface area contributed by atoms with Crippen LogP contribution >= 0.6 is 11.3 Å². The summed E-state index contributed by atoms with van der Waals surface area (Å²) in [5, 5.41) is 15.4. The van der Waals surface area contributed by atoms with Crippen LogP contribution in [-0.2, 0) is 9.84 Å². The molecule has 0 aromatic carbocycles. The van der Waals surface area contributed by atoms with E-state index in [0.29, 0.717) is 12.1 Å². The average molecular weight is 312 g/mol. The maximum Gasteiger partial charge on any atom is 0.354 e. The van der Waals surface area contributed by atoms with Crippen LogP contribution < -0.4 is 0 Å². The molecule has 106 valence electrons. The van der Waals surface area contributed by atoms with E-state index in [1.54, 1.807) is 0 Å². The molecule has 2 aromatic heterocycles. The number of aromatic carboxylic acids is 1. The second kappa shape index (κ2) is 4.71. The van der Waals surface area contributed by atoms with Crippen LogP contribution in [0.4, 0.5) is 0 Å². The molecular formula is C12H12N2O4S2. The molecule has 8 heteroatoms. The summed E-state index contributed by atoms with van der Waals surface area (Å²) in [6.07, 6.45) is 0.411. The Morgan fingerprint density at radius 3 is 2.85 bits per heavy atom. The van der Waals surface area contributed by atoms with Crippen molar-refractivity contribution in [1.29, 1.82) is 0 Å². The molecule has 2 aromatic rings. The number of aromatic nitrogens is 2. The van der Waals surface area contributed by atoms with Crippen molar-refractivity contribution in [3.8, 4) is 10.6 Å². The second-order valence-electron chi connectivity index (χ2n) is 4.70. The quantitative estimate of drug-likeness (QED) is 0.931. The molecule has 20 heavy (non-hydrogen) atoms. The minimum absolute atomic E-state index is 0.0375. The summed E-state index contributed by atoms with van der Waals surface area (Å²) in [5.74, 6) is -1.05. The van der Waals surface area contributed by atoms with Gasteiger partial charge < -0.3 is 5.11 Å². The fraction of sp³-hybridized carbons (Fsp3) is 0.333. The summed E-state index contributed by atoms with van der Waals surface area (Å²) in [6.45, 7) is 0. The first-order chi connectivity index (χ1) is 9.46. The minimum Gasteiger partial charge on any atom is -0.477 e. The van der Waals surface area contributed by atoms with Gasteiger partial charge in [0.25, 0.3) is 0 Å². The molecule has 1 atom stereocenters. The molecule has 1 aliphatic rings. The summed E-state index contributed by atoms with van der Waals surface area (Å²) >= 11 is 1.47. The summed E-state index contributed by atoms with van der Waals surface area (Å²) < 4.78 is 24.4. The van der Waals surface area contributed by atoms with Gasteiger partial charge in [0.15, 0.2) is 9.84 Å². The van der Waals surface area contributed by atoms with Crippen molar-refractivity contribution in [2.45, 2.75) is 12.5 Å². The summed E-state index contributed by atoms with van der Waals surface area (Å²) in [6, 6.07) is 4.83. The number of nitrogens with zero attached hydrogens (tertiary/aromatic N) is 2. The number of rotatable bonds is 3. The van der Waals surface area contributed by atoms with E-state index in [1.165, 1.54) is 22.1 Å². The smallest absolute Gasteiger partial charge is 0.354 e. The maximum absolute atomic E-state index is 11.5. The summed E-state index contributed by atoms with van der Waals surface area (Å²) in [7, 11) is -3.08. The van der Waals surface area contributed by atoms with E-state index in [4.69, 9.17) is 0 Å². The van der Waals surface area contributed by atoms with Crippen LogP contribution in [0.5, 0.6) is 0 Å². The second-order valence-corrected chi connectivity index (χ2v) is 7.88. The Bertz CT molecular complexity index is 747. The molecule has 1 saturated heterocycles. The predicted octanol–water partition coefficient (Wildman–Crippen LogP) is 1.67. The number of hydrogen-bond acceptors (Lipinski definition) is 5. The van der Waals surface area contributed by atoms with Gasteiger partial charge in [-0.1, -0.05) is 6.07 Å². The first kappa shape index (κ1) is 13.3. The number of thiophene rings is 1. The van der Waals surface area contributed by atoms with Gasteiger partial charge in [0.1, 0.15) is 11.4 Å². The van der Waals surface area contributed by atoms with E-state index in [2.05, 4.69) is 5.10 Å². The van der Waals surface area contributed by atoms with Crippen molar-refractivity contribution in [3.63, 3.8) is 0 Å². The van der Waals surface area contributed by atoms with Gasteiger partial charge in [-0.2, -0.15) is 5.10 Å². The maximum atomic E-state index is 11.5. The van der Waals surface area contributed by atoms with Gasteiger partial charge in [0, 0.05) is 0 Å². The number of carbonyl (C=O) groups is 1. The van der Waals surface area contributed by atoms with Crippen molar-refractivity contribution < 1.29 is 18.3 Å². The van der Waals surface area contributed by atoms with Crippen LogP contribution in [0.1, 0.15) is 23.0 Å². The van der Waals surface area contributed by atoms with E-state index < -0.39 is 15.8 Å². The largest absolute Gasteiger partial charge is 0.477 e. The molecule has 1 N–H and O–H groups in total. The fourth-order valence-corrected chi connectivity index (χ4v) is 4.72. The van der Waals surface area contributed by atoms with E-state index in [1.807, 2.05) is 17.5 Å². The molecule has 0 radical (unpaired) electrons. The lowest BCUT2D eigenvalue weighted by Gasteiger charge is -2.10. The molecule has 3 rings (SSSR count). The average Bonchev–Trinajstić information content (AvgIpc) is 3.04. The Morgan fingerprint density at radius 2 is 2.30 bits per heavy atom. The van der Waals surface area contributed by atoms with Gasteiger partial charge in [-0.15, -0.1) is 11.3 Å². The lowest BCUT2D eigenvalue weighted by Crippen LogP contribution is -2.17. The standard InChI is InChI=1S/C12H12N2O4S2/c15-12(16)10-6-9(11-2-1-4-19-11)13-14(10)8-3-5-20(17,18)7-8/h1-2,4,6,8H,3,5,7H2,(H,15,16). The van der Waals surface area contributed by atoms with Gasteiger partial charge in [-0.05, 0) is 23.9 Å². The van der Waals surface area contributed by atoms with E-state index in [9.17, 15) is 18.3 Å². The zero-order valence-corrected chi connectivity index (χ0v) is 12.0. The highest BCUT2D eigenvalue weighted by Gasteiger charge is 2.32. The molecule has 1 unspecified atom stereocenters. The van der Waals surface area contributed by atoms with Crippen molar-refractivity contribution in [2.24, 2.45) is 0 Å². The van der Waals surface area contributed by atoms with Crippen molar-refractivity contribution in [2.75, 3.05) is 11.5 Å². The van der Waals surface area contributed by atoms with Gasteiger partial charge in [-0.25, -0.2) is 13.2 Å². The van der Waals surface area contributed by atoms with Gasteiger partial charge >= 0.3 is 5.97 Å². The van der Waals surface area contributed by atoms with E-state index in [-0.39, 0.29) is 23.2 Å². The molecule has 1 fully saturated rings. The monoisotopic (exact) mass is 312 g/mol. The molecular weight excluding hydrogens is 300 g/mol. The van der Waals surface area contributed by atoms with Crippen molar-refractivity contribution in [3.05, 3.63) is 29.3 Å². The topological polar surface area (TPSA) is 89.3 Å². The Balaban J connectivity index is 2.04. The lowest BCUT2D eigenvalue weighted by molar-refractivity contribution is 0.0681. The van der Waals surface area contributed by atoms with Gasteiger partial charge in [0.2, 0.25) is 0 Å². The normalized spacial score (nSPS) is 21.1. The molecule has 0 spiro atoms. The molecule has 0 bridgehead atoms. The van der Waals surface area contributed by atoms with Crippen LogP contribution in [0.2, 0.25) is 0 Å². The fourth-order valence-electron chi connectivity index (χ4n) is 2.35. The lowest BCUT2D eigenvalue weighted by atomic mass is 10.2. The molecule has 0 saturated carbocycles. The minimum atomic E-state index is -3.08. The van der Waals surface area contributed by atoms with Gasteiger partial charge in [-0.3, -0.25) is 4.68 Å². The third-order valence-electron chi connectivity index (χ3n) is 3.28. The number of carboxylic acid groups (broad SMARTS) is 1. The first-order valence-electron chi connectivity index (χ1n) is 6.03. The molecule has 0 amide bonds. The highest BCUT2D eigenvalue weighted by Crippen LogP contribution is 2.29. The highest BCUT2D eigenvalue weighted by molar-refractivity contribution is 7.91. The number of carboxylic acids is 1. The molecule has 1 aliphatic heterocycles. The third-order valence-corrected chi connectivity index (χ3v) is 5.93. The number of hydrogen-bond donors (Lipinski definition) is 1.